The maximum Gasteiger partial charge on any atom is 0.224 e. The Morgan fingerprint density at radius 3 is 2.76 bits per heavy atom. The maximum absolute atomic E-state index is 12.5. The molecular weight excluding hydrogens is 314 g/mol. The lowest BCUT2D eigenvalue weighted by Crippen LogP contribution is -2.29. The van der Waals surface area contributed by atoms with Gasteiger partial charge in [0.15, 0.2) is 0 Å². The molecule has 1 atom stereocenters. The summed E-state index contributed by atoms with van der Waals surface area (Å²) in [6, 6.07) is 6.20. The van der Waals surface area contributed by atoms with Crippen LogP contribution < -0.4 is 4.90 Å². The van der Waals surface area contributed by atoms with Crippen molar-refractivity contribution in [1.29, 1.82) is 0 Å². The maximum atomic E-state index is 12.5. The summed E-state index contributed by atoms with van der Waals surface area (Å²) in [5.41, 5.74) is 4.28. The summed E-state index contributed by atoms with van der Waals surface area (Å²) < 4.78 is 1.84. The predicted octanol–water partition coefficient (Wildman–Crippen LogP) is 2.37. The number of anilines is 1. The van der Waals surface area contributed by atoms with Crippen LogP contribution in [0.5, 0.6) is 0 Å². The van der Waals surface area contributed by atoms with Crippen LogP contribution in [0.1, 0.15) is 35.8 Å². The Morgan fingerprint density at radius 1 is 1.28 bits per heavy atom. The van der Waals surface area contributed by atoms with Crippen molar-refractivity contribution in [2.24, 2.45) is 0 Å². The Hall–Kier alpha value is -2.37. The molecule has 0 aromatic carbocycles. The van der Waals surface area contributed by atoms with Crippen LogP contribution in [-0.2, 0) is 11.3 Å². The molecule has 3 heterocycles. The molecule has 0 unspecified atom stereocenters. The van der Waals surface area contributed by atoms with Crippen molar-refractivity contribution in [2.45, 2.75) is 39.2 Å². The van der Waals surface area contributed by atoms with Gasteiger partial charge in [-0.3, -0.25) is 14.5 Å². The molecule has 3 rings (SSSR count). The highest BCUT2D eigenvalue weighted by atomic mass is 16.2. The summed E-state index contributed by atoms with van der Waals surface area (Å²) in [6.07, 6.45) is 3.41. The zero-order valence-electron chi connectivity index (χ0n) is 15.6. The molecule has 1 fully saturated rings. The van der Waals surface area contributed by atoms with Gasteiger partial charge in [-0.1, -0.05) is 0 Å². The van der Waals surface area contributed by atoms with E-state index in [0.717, 1.165) is 36.6 Å². The second-order valence-corrected chi connectivity index (χ2v) is 7.08. The van der Waals surface area contributed by atoms with E-state index < -0.39 is 0 Å². The molecule has 0 radical (unpaired) electrons. The summed E-state index contributed by atoms with van der Waals surface area (Å²) in [4.78, 5) is 21.3. The quantitative estimate of drug-likeness (QED) is 0.838. The van der Waals surface area contributed by atoms with Crippen LogP contribution in [0.25, 0.3) is 0 Å². The van der Waals surface area contributed by atoms with E-state index in [4.69, 9.17) is 4.98 Å². The molecule has 25 heavy (non-hydrogen) atoms. The van der Waals surface area contributed by atoms with Crippen molar-refractivity contribution in [2.75, 3.05) is 32.1 Å². The first-order valence-electron chi connectivity index (χ1n) is 8.86. The number of hydrogen-bond donors (Lipinski definition) is 0. The standard InChI is InChI=1S/C19H27N5O/c1-14-5-9-24(21-14)10-7-19(25)23-8-6-16(13-23)18-12-17(22(3)4)11-15(2)20-18/h5,9,11-12,16H,6-8,10,13H2,1-4H3/t16-/m1/s1. The van der Waals surface area contributed by atoms with Crippen LogP contribution in [0.3, 0.4) is 0 Å². The lowest BCUT2D eigenvalue weighted by Gasteiger charge is -2.18. The summed E-state index contributed by atoms with van der Waals surface area (Å²) in [7, 11) is 4.08. The van der Waals surface area contributed by atoms with E-state index in [0.29, 0.717) is 18.9 Å². The van der Waals surface area contributed by atoms with Crippen molar-refractivity contribution >= 4 is 11.6 Å². The SMILES string of the molecule is Cc1cc(N(C)C)cc([C@@H]2CCN(C(=O)CCn3ccc(C)n3)C2)n1. The highest BCUT2D eigenvalue weighted by molar-refractivity contribution is 5.76. The minimum Gasteiger partial charge on any atom is -0.378 e. The molecular formula is C19H27N5O. The normalized spacial score (nSPS) is 17.1. The largest absolute Gasteiger partial charge is 0.378 e. The molecule has 2 aromatic rings. The van der Waals surface area contributed by atoms with Gasteiger partial charge in [0.1, 0.15) is 0 Å². The van der Waals surface area contributed by atoms with E-state index >= 15 is 0 Å². The molecule has 6 heteroatoms. The number of hydrogen-bond acceptors (Lipinski definition) is 4. The summed E-state index contributed by atoms with van der Waals surface area (Å²) >= 11 is 0. The first-order chi connectivity index (χ1) is 11.9. The smallest absolute Gasteiger partial charge is 0.224 e. The predicted molar refractivity (Wildman–Crippen MR) is 98.8 cm³/mol. The molecule has 134 valence electrons. The fourth-order valence-corrected chi connectivity index (χ4v) is 3.33. The molecule has 6 nitrogen and oxygen atoms in total. The van der Waals surface area contributed by atoms with Crippen LogP contribution in [0.2, 0.25) is 0 Å². The zero-order chi connectivity index (χ0) is 18.0. The Balaban J connectivity index is 1.60. The fraction of sp³-hybridized carbons (Fsp3) is 0.526. The zero-order valence-corrected chi connectivity index (χ0v) is 15.6. The molecule has 1 amide bonds. The van der Waals surface area contributed by atoms with Crippen LogP contribution in [0.4, 0.5) is 5.69 Å². The topological polar surface area (TPSA) is 54.3 Å². The Kier molecular flexibility index (Phi) is 5.06. The molecule has 0 spiro atoms. The first kappa shape index (κ1) is 17.5. The minimum atomic E-state index is 0.205. The Morgan fingerprint density at radius 2 is 2.08 bits per heavy atom. The molecule has 0 aliphatic carbocycles. The molecule has 0 saturated carbocycles. The molecule has 0 N–H and O–H groups in total. The minimum absolute atomic E-state index is 0.205. The van der Waals surface area contributed by atoms with Crippen molar-refractivity contribution < 1.29 is 4.79 Å². The average Bonchev–Trinajstić information content (AvgIpc) is 3.21. The number of likely N-dealkylation sites (tertiary alicyclic amines) is 1. The number of aryl methyl sites for hydroxylation is 3. The number of amides is 1. The number of pyridine rings is 1. The van der Waals surface area contributed by atoms with E-state index in [-0.39, 0.29) is 5.91 Å². The van der Waals surface area contributed by atoms with Crippen molar-refractivity contribution in [3.63, 3.8) is 0 Å². The average molecular weight is 341 g/mol. The third-order valence-corrected chi connectivity index (χ3v) is 4.76. The third kappa shape index (κ3) is 4.18. The number of nitrogens with zero attached hydrogens (tertiary/aromatic N) is 5. The highest BCUT2D eigenvalue weighted by Gasteiger charge is 2.28. The summed E-state index contributed by atoms with van der Waals surface area (Å²) in [5, 5.41) is 4.34. The Labute approximate surface area is 149 Å². The van der Waals surface area contributed by atoms with Gasteiger partial charge in [0.2, 0.25) is 5.91 Å². The summed E-state index contributed by atoms with van der Waals surface area (Å²) in [6.45, 7) is 6.21. The molecule has 1 saturated heterocycles. The van der Waals surface area contributed by atoms with Gasteiger partial charge < -0.3 is 9.80 Å². The third-order valence-electron chi connectivity index (χ3n) is 4.76. The lowest BCUT2D eigenvalue weighted by atomic mass is 10.0. The first-order valence-corrected chi connectivity index (χ1v) is 8.86. The number of aromatic nitrogens is 3. The summed E-state index contributed by atoms with van der Waals surface area (Å²) in [5.74, 6) is 0.533. The van der Waals surface area contributed by atoms with Gasteiger partial charge >= 0.3 is 0 Å². The number of carbonyl (C=O) groups is 1. The van der Waals surface area contributed by atoms with Gasteiger partial charge in [0, 0.05) is 69.3 Å². The van der Waals surface area contributed by atoms with E-state index in [9.17, 15) is 4.79 Å². The monoisotopic (exact) mass is 341 g/mol. The second kappa shape index (κ2) is 7.25. The van der Waals surface area contributed by atoms with E-state index in [1.807, 2.05) is 49.8 Å². The van der Waals surface area contributed by atoms with Gasteiger partial charge in [0.25, 0.3) is 0 Å². The van der Waals surface area contributed by atoms with E-state index in [1.54, 1.807) is 0 Å². The molecule has 1 aliphatic heterocycles. The van der Waals surface area contributed by atoms with Crippen molar-refractivity contribution in [3.8, 4) is 0 Å². The number of rotatable bonds is 5. The molecule has 2 aromatic heterocycles. The molecule has 0 bridgehead atoms. The lowest BCUT2D eigenvalue weighted by molar-refractivity contribution is -0.130. The van der Waals surface area contributed by atoms with Crippen molar-refractivity contribution in [3.05, 3.63) is 41.5 Å². The molecule has 1 aliphatic rings. The van der Waals surface area contributed by atoms with Gasteiger partial charge in [-0.2, -0.15) is 5.10 Å². The number of carbonyl (C=O) groups excluding carboxylic acids is 1. The van der Waals surface area contributed by atoms with Crippen LogP contribution in [-0.4, -0.2) is 52.8 Å². The highest BCUT2D eigenvalue weighted by Crippen LogP contribution is 2.29. The van der Waals surface area contributed by atoms with E-state index in [1.165, 1.54) is 5.69 Å². The van der Waals surface area contributed by atoms with Gasteiger partial charge in [0.05, 0.1) is 5.69 Å². The fourth-order valence-electron chi connectivity index (χ4n) is 3.33. The Bertz CT molecular complexity index is 752. The second-order valence-electron chi connectivity index (χ2n) is 7.08. The van der Waals surface area contributed by atoms with E-state index in [2.05, 4.69) is 22.1 Å². The van der Waals surface area contributed by atoms with Crippen LogP contribution >= 0.6 is 0 Å². The van der Waals surface area contributed by atoms with Gasteiger partial charge in [-0.15, -0.1) is 0 Å². The van der Waals surface area contributed by atoms with Crippen LogP contribution in [0.15, 0.2) is 24.4 Å². The van der Waals surface area contributed by atoms with Crippen LogP contribution in [0, 0.1) is 13.8 Å². The van der Waals surface area contributed by atoms with Gasteiger partial charge in [-0.05, 0) is 38.5 Å². The van der Waals surface area contributed by atoms with Gasteiger partial charge in [-0.25, -0.2) is 0 Å². The van der Waals surface area contributed by atoms with Crippen molar-refractivity contribution in [1.82, 2.24) is 19.7 Å².